The van der Waals surface area contributed by atoms with Crippen molar-refractivity contribution in [3.8, 4) is 0 Å². The van der Waals surface area contributed by atoms with E-state index in [1.165, 1.54) is 5.56 Å². The van der Waals surface area contributed by atoms with E-state index in [-0.39, 0.29) is 0 Å². The lowest BCUT2D eigenvalue weighted by Gasteiger charge is -2.16. The summed E-state index contributed by atoms with van der Waals surface area (Å²) in [4.78, 5) is 4.77. The van der Waals surface area contributed by atoms with E-state index >= 15 is 0 Å². The molecule has 1 N–H and O–H groups in total. The average Bonchev–Trinajstić information content (AvgIpc) is 2.89. The molecule has 0 radical (unpaired) electrons. The zero-order chi connectivity index (χ0) is 13.8. The van der Waals surface area contributed by atoms with E-state index in [0.29, 0.717) is 12.0 Å². The number of nitrogens with one attached hydrogen (secondary N) is 1. The van der Waals surface area contributed by atoms with Gasteiger partial charge in [0.1, 0.15) is 0 Å². The van der Waals surface area contributed by atoms with Crippen LogP contribution in [0.5, 0.6) is 0 Å². The Morgan fingerprint density at radius 3 is 2.89 bits per heavy atom. The molecular formula is C16H24N2O. The third-order valence-corrected chi connectivity index (χ3v) is 3.49. The van der Waals surface area contributed by atoms with Crippen molar-refractivity contribution in [1.82, 2.24) is 10.3 Å². The summed E-state index contributed by atoms with van der Waals surface area (Å²) in [6.07, 6.45) is 1.10. The van der Waals surface area contributed by atoms with Gasteiger partial charge in [-0.3, -0.25) is 4.98 Å². The first-order valence-electron chi connectivity index (χ1n) is 7.04. The standard InChI is InChI=1S/C16H24N2O/c1-11(2)15-6-5-14(13-7-8-19-10-13)16(18-15)9-17-12(3)4/h5-6,12-13,17H,1,7-10H2,2-4H3/t13-/m1/s1. The molecule has 2 rings (SSSR count). The van der Waals surface area contributed by atoms with E-state index in [1.54, 1.807) is 0 Å². The van der Waals surface area contributed by atoms with Gasteiger partial charge >= 0.3 is 0 Å². The molecule has 1 aromatic rings. The molecule has 2 heterocycles. The Morgan fingerprint density at radius 1 is 1.53 bits per heavy atom. The molecule has 1 aliphatic rings. The summed E-state index contributed by atoms with van der Waals surface area (Å²) in [7, 11) is 0. The molecule has 19 heavy (non-hydrogen) atoms. The lowest BCUT2D eigenvalue weighted by molar-refractivity contribution is 0.193. The normalized spacial score (nSPS) is 19.1. The first-order valence-corrected chi connectivity index (χ1v) is 7.04. The molecule has 0 amide bonds. The van der Waals surface area contributed by atoms with Gasteiger partial charge in [-0.1, -0.05) is 26.5 Å². The molecule has 0 unspecified atom stereocenters. The van der Waals surface area contributed by atoms with Gasteiger partial charge < -0.3 is 10.1 Å². The van der Waals surface area contributed by atoms with E-state index in [1.807, 2.05) is 6.92 Å². The molecule has 3 heteroatoms. The topological polar surface area (TPSA) is 34.1 Å². The molecule has 1 saturated heterocycles. The molecule has 3 nitrogen and oxygen atoms in total. The van der Waals surface area contributed by atoms with Crippen molar-refractivity contribution in [3.63, 3.8) is 0 Å². The van der Waals surface area contributed by atoms with Gasteiger partial charge in [0.2, 0.25) is 0 Å². The minimum Gasteiger partial charge on any atom is -0.381 e. The van der Waals surface area contributed by atoms with Crippen LogP contribution in [0.3, 0.4) is 0 Å². The van der Waals surface area contributed by atoms with Gasteiger partial charge in [-0.15, -0.1) is 0 Å². The second-order valence-electron chi connectivity index (χ2n) is 5.61. The van der Waals surface area contributed by atoms with Crippen molar-refractivity contribution in [2.45, 2.75) is 45.7 Å². The highest BCUT2D eigenvalue weighted by Gasteiger charge is 2.21. The number of ether oxygens (including phenoxy) is 1. The fourth-order valence-electron chi connectivity index (χ4n) is 2.34. The molecule has 1 atom stereocenters. The van der Waals surface area contributed by atoms with Crippen LogP contribution in [0.15, 0.2) is 18.7 Å². The fraction of sp³-hybridized carbons (Fsp3) is 0.562. The highest BCUT2D eigenvalue weighted by molar-refractivity contribution is 5.58. The molecule has 0 saturated carbocycles. The van der Waals surface area contributed by atoms with Gasteiger partial charge in [0.05, 0.1) is 18.0 Å². The first-order chi connectivity index (χ1) is 9.08. The highest BCUT2D eigenvalue weighted by Crippen LogP contribution is 2.28. The third-order valence-electron chi connectivity index (χ3n) is 3.49. The summed E-state index contributed by atoms with van der Waals surface area (Å²) >= 11 is 0. The van der Waals surface area contributed by atoms with Gasteiger partial charge in [0.15, 0.2) is 0 Å². The van der Waals surface area contributed by atoms with Crippen molar-refractivity contribution in [2.75, 3.05) is 13.2 Å². The molecule has 1 aliphatic heterocycles. The van der Waals surface area contributed by atoms with Gasteiger partial charge in [-0.05, 0) is 30.5 Å². The van der Waals surface area contributed by atoms with Crippen LogP contribution in [-0.2, 0) is 11.3 Å². The number of pyridine rings is 1. The number of hydrogen-bond donors (Lipinski definition) is 1. The molecule has 0 aliphatic carbocycles. The zero-order valence-corrected chi connectivity index (χ0v) is 12.2. The van der Waals surface area contributed by atoms with Crippen molar-refractivity contribution in [2.24, 2.45) is 0 Å². The predicted molar refractivity (Wildman–Crippen MR) is 79.1 cm³/mol. The second kappa shape index (κ2) is 6.31. The number of rotatable bonds is 5. The first kappa shape index (κ1) is 14.2. The lowest BCUT2D eigenvalue weighted by atomic mass is 9.96. The van der Waals surface area contributed by atoms with Gasteiger partial charge in [-0.25, -0.2) is 0 Å². The largest absolute Gasteiger partial charge is 0.381 e. The minimum atomic E-state index is 0.461. The van der Waals surface area contributed by atoms with Gasteiger partial charge in [-0.2, -0.15) is 0 Å². The molecule has 0 spiro atoms. The maximum atomic E-state index is 5.50. The second-order valence-corrected chi connectivity index (χ2v) is 5.61. The molecule has 1 aromatic heterocycles. The predicted octanol–water partition coefficient (Wildman–Crippen LogP) is 3.12. The quantitative estimate of drug-likeness (QED) is 0.883. The highest BCUT2D eigenvalue weighted by atomic mass is 16.5. The summed E-state index contributed by atoms with van der Waals surface area (Å²) in [5, 5.41) is 3.46. The SMILES string of the molecule is C=C(C)c1ccc([C@@H]2CCOC2)c(CNC(C)C)n1. The van der Waals surface area contributed by atoms with Crippen molar-refractivity contribution < 1.29 is 4.74 Å². The molecular weight excluding hydrogens is 236 g/mol. The third kappa shape index (κ3) is 3.64. The number of nitrogens with zero attached hydrogens (tertiary/aromatic N) is 1. The maximum absolute atomic E-state index is 5.50. The fourth-order valence-corrected chi connectivity index (χ4v) is 2.34. The van der Waals surface area contributed by atoms with E-state index < -0.39 is 0 Å². The van der Waals surface area contributed by atoms with Crippen LogP contribution in [0.25, 0.3) is 5.57 Å². The van der Waals surface area contributed by atoms with Crippen molar-refractivity contribution in [3.05, 3.63) is 35.7 Å². The monoisotopic (exact) mass is 260 g/mol. The molecule has 0 aromatic carbocycles. The Morgan fingerprint density at radius 2 is 2.32 bits per heavy atom. The molecule has 0 bridgehead atoms. The number of aromatic nitrogens is 1. The van der Waals surface area contributed by atoms with Crippen LogP contribution in [0.1, 0.15) is 50.1 Å². The number of hydrogen-bond acceptors (Lipinski definition) is 3. The van der Waals surface area contributed by atoms with E-state index in [0.717, 1.165) is 43.1 Å². The van der Waals surface area contributed by atoms with Crippen LogP contribution in [0.4, 0.5) is 0 Å². The minimum absolute atomic E-state index is 0.461. The Labute approximate surface area is 116 Å². The van der Waals surface area contributed by atoms with Gasteiger partial charge in [0.25, 0.3) is 0 Å². The summed E-state index contributed by atoms with van der Waals surface area (Å²) in [5.74, 6) is 0.496. The van der Waals surface area contributed by atoms with Crippen LogP contribution < -0.4 is 5.32 Å². The Kier molecular flexibility index (Phi) is 4.72. The van der Waals surface area contributed by atoms with Crippen molar-refractivity contribution in [1.29, 1.82) is 0 Å². The number of allylic oxidation sites excluding steroid dienone is 1. The summed E-state index contributed by atoms with van der Waals surface area (Å²) in [6.45, 7) is 12.8. The zero-order valence-electron chi connectivity index (χ0n) is 12.2. The van der Waals surface area contributed by atoms with E-state index in [4.69, 9.17) is 9.72 Å². The Balaban J connectivity index is 2.26. The van der Waals surface area contributed by atoms with Gasteiger partial charge in [0, 0.05) is 25.1 Å². The van der Waals surface area contributed by atoms with Crippen LogP contribution in [0, 0.1) is 0 Å². The Hall–Kier alpha value is -1.19. The van der Waals surface area contributed by atoms with E-state index in [2.05, 4.69) is 37.9 Å². The van der Waals surface area contributed by atoms with Crippen LogP contribution in [0.2, 0.25) is 0 Å². The summed E-state index contributed by atoms with van der Waals surface area (Å²) < 4.78 is 5.50. The average molecular weight is 260 g/mol. The summed E-state index contributed by atoms with van der Waals surface area (Å²) in [6, 6.07) is 4.74. The smallest absolute Gasteiger partial charge is 0.0657 e. The Bertz CT molecular complexity index is 448. The van der Waals surface area contributed by atoms with Crippen LogP contribution in [-0.4, -0.2) is 24.2 Å². The molecule has 1 fully saturated rings. The van der Waals surface area contributed by atoms with Crippen LogP contribution >= 0.6 is 0 Å². The molecule has 104 valence electrons. The van der Waals surface area contributed by atoms with Crippen molar-refractivity contribution >= 4 is 5.57 Å². The summed E-state index contributed by atoms with van der Waals surface area (Å²) in [5.41, 5.74) is 4.48. The van der Waals surface area contributed by atoms with E-state index in [9.17, 15) is 0 Å². The lowest BCUT2D eigenvalue weighted by Crippen LogP contribution is -2.24. The maximum Gasteiger partial charge on any atom is 0.0657 e.